The van der Waals surface area contributed by atoms with Gasteiger partial charge < -0.3 is 10.4 Å². The Morgan fingerprint density at radius 3 is 2.52 bits per heavy atom. The third-order valence-corrected chi connectivity index (χ3v) is 5.91. The van der Waals surface area contributed by atoms with Gasteiger partial charge in [0.25, 0.3) is 0 Å². The number of hydrogen-bond donors (Lipinski definition) is 2. The number of carboxylic acid groups (broad SMARTS) is 1. The highest BCUT2D eigenvalue weighted by Crippen LogP contribution is 2.38. The first-order chi connectivity index (χ1) is 10.2. The molecule has 2 N–H and O–H groups in total. The largest absolute Gasteiger partial charge is 0.481 e. The normalized spacial score (nSPS) is 19.1. The number of hydrogen-bond acceptors (Lipinski definition) is 3. The van der Waals surface area contributed by atoms with E-state index in [0.29, 0.717) is 11.3 Å². The predicted octanol–water partition coefficient (Wildman–Crippen LogP) is 3.51. The number of aliphatic carboxylic acids is 1. The van der Waals surface area contributed by atoms with E-state index in [1.807, 2.05) is 42.1 Å². The zero-order valence-corrected chi connectivity index (χ0v) is 13.5. The summed E-state index contributed by atoms with van der Waals surface area (Å²) in [6, 6.07) is 9.50. The Balaban J connectivity index is 1.92. The zero-order valence-electron chi connectivity index (χ0n) is 12.7. The summed E-state index contributed by atoms with van der Waals surface area (Å²) >= 11 is 1.94. The Hall–Kier alpha value is -1.00. The van der Waals surface area contributed by atoms with Gasteiger partial charge >= 0.3 is 5.97 Å². The molecule has 1 atom stereocenters. The summed E-state index contributed by atoms with van der Waals surface area (Å²) in [4.78, 5) is 11.5. The van der Waals surface area contributed by atoms with Gasteiger partial charge in [-0.1, -0.05) is 49.6 Å². The molecule has 1 aromatic rings. The molecule has 0 spiro atoms. The number of carbonyl (C=O) groups is 1. The van der Waals surface area contributed by atoms with Crippen molar-refractivity contribution in [3.8, 4) is 0 Å². The predicted molar refractivity (Wildman–Crippen MR) is 89.0 cm³/mol. The van der Waals surface area contributed by atoms with Crippen LogP contribution in [0.2, 0.25) is 0 Å². The van der Waals surface area contributed by atoms with Gasteiger partial charge in [0.2, 0.25) is 0 Å². The van der Waals surface area contributed by atoms with E-state index in [2.05, 4.69) is 11.6 Å². The van der Waals surface area contributed by atoms with E-state index in [9.17, 15) is 9.90 Å². The van der Waals surface area contributed by atoms with Gasteiger partial charge in [-0.2, -0.15) is 11.8 Å². The van der Waals surface area contributed by atoms with Crippen molar-refractivity contribution in [2.24, 2.45) is 0 Å². The highest BCUT2D eigenvalue weighted by molar-refractivity contribution is 8.00. The molecular formula is C17H25NO2S. The average molecular weight is 307 g/mol. The quantitative estimate of drug-likeness (QED) is 0.809. The van der Waals surface area contributed by atoms with Crippen molar-refractivity contribution in [1.29, 1.82) is 0 Å². The fourth-order valence-electron chi connectivity index (χ4n) is 3.13. The second-order valence-corrected chi connectivity index (χ2v) is 7.15. The lowest BCUT2D eigenvalue weighted by molar-refractivity contribution is -0.138. The summed E-state index contributed by atoms with van der Waals surface area (Å²) in [5.74, 6) is -1.22. The summed E-state index contributed by atoms with van der Waals surface area (Å²) in [6.45, 7) is 1.41. The van der Waals surface area contributed by atoms with E-state index in [4.69, 9.17) is 0 Å². The summed E-state index contributed by atoms with van der Waals surface area (Å²) in [7, 11) is 0. The SMILES string of the molecule is CSC1(CNCC(C(=O)O)c2ccccc2)CCCCC1. The van der Waals surface area contributed by atoms with Gasteiger partial charge in [-0.3, -0.25) is 4.79 Å². The Morgan fingerprint density at radius 2 is 1.95 bits per heavy atom. The maximum Gasteiger partial charge on any atom is 0.312 e. The molecule has 3 nitrogen and oxygen atoms in total. The van der Waals surface area contributed by atoms with Crippen LogP contribution in [0, 0.1) is 0 Å². The van der Waals surface area contributed by atoms with Crippen LogP contribution in [-0.2, 0) is 4.79 Å². The first-order valence-corrected chi connectivity index (χ1v) is 8.93. The Kier molecular flexibility index (Phi) is 6.12. The smallest absolute Gasteiger partial charge is 0.312 e. The molecule has 1 saturated carbocycles. The minimum atomic E-state index is -0.754. The lowest BCUT2D eigenvalue weighted by Gasteiger charge is -2.36. The molecule has 116 valence electrons. The van der Waals surface area contributed by atoms with Crippen molar-refractivity contribution in [2.45, 2.75) is 42.8 Å². The standard InChI is InChI=1S/C17H25NO2S/c1-21-17(10-6-3-7-11-17)13-18-12-15(16(19)20)14-8-4-2-5-9-14/h2,4-5,8-9,15,18H,3,6-7,10-13H2,1H3,(H,19,20). The first-order valence-electron chi connectivity index (χ1n) is 7.70. The fourth-order valence-corrected chi connectivity index (χ4v) is 4.07. The molecular weight excluding hydrogens is 282 g/mol. The van der Waals surface area contributed by atoms with Crippen molar-refractivity contribution >= 4 is 17.7 Å². The van der Waals surface area contributed by atoms with Crippen molar-refractivity contribution in [3.63, 3.8) is 0 Å². The Bertz CT molecular complexity index is 443. The van der Waals surface area contributed by atoms with E-state index < -0.39 is 11.9 Å². The van der Waals surface area contributed by atoms with Gasteiger partial charge in [-0.05, 0) is 24.7 Å². The van der Waals surface area contributed by atoms with Crippen molar-refractivity contribution in [1.82, 2.24) is 5.32 Å². The maximum atomic E-state index is 11.5. The molecule has 0 aliphatic heterocycles. The van der Waals surface area contributed by atoms with Crippen molar-refractivity contribution in [2.75, 3.05) is 19.3 Å². The topological polar surface area (TPSA) is 49.3 Å². The molecule has 1 aromatic carbocycles. The van der Waals surface area contributed by atoms with E-state index in [-0.39, 0.29) is 0 Å². The first kappa shape index (κ1) is 16.4. The zero-order chi connectivity index (χ0) is 15.1. The van der Waals surface area contributed by atoms with Gasteiger partial charge in [-0.15, -0.1) is 0 Å². The minimum absolute atomic E-state index is 0.304. The van der Waals surface area contributed by atoms with Crippen LogP contribution in [0.15, 0.2) is 30.3 Å². The van der Waals surface area contributed by atoms with Gasteiger partial charge in [0.1, 0.15) is 0 Å². The molecule has 0 bridgehead atoms. The van der Waals surface area contributed by atoms with E-state index in [1.54, 1.807) is 0 Å². The van der Waals surface area contributed by atoms with E-state index in [1.165, 1.54) is 32.1 Å². The van der Waals surface area contributed by atoms with E-state index >= 15 is 0 Å². The molecule has 2 rings (SSSR count). The number of thioether (sulfide) groups is 1. The van der Waals surface area contributed by atoms with Crippen LogP contribution in [0.1, 0.15) is 43.6 Å². The van der Waals surface area contributed by atoms with Crippen LogP contribution in [0.5, 0.6) is 0 Å². The molecule has 1 unspecified atom stereocenters. The average Bonchev–Trinajstić information content (AvgIpc) is 2.53. The van der Waals surface area contributed by atoms with Crippen LogP contribution in [-0.4, -0.2) is 35.2 Å². The molecule has 1 fully saturated rings. The third-order valence-electron chi connectivity index (χ3n) is 4.49. The van der Waals surface area contributed by atoms with Crippen LogP contribution >= 0.6 is 11.8 Å². The second-order valence-electron chi connectivity index (χ2n) is 5.88. The molecule has 0 amide bonds. The van der Waals surface area contributed by atoms with E-state index in [0.717, 1.165) is 12.1 Å². The van der Waals surface area contributed by atoms with Crippen molar-refractivity contribution in [3.05, 3.63) is 35.9 Å². The number of carboxylic acids is 1. The van der Waals surface area contributed by atoms with Gasteiger partial charge in [0.05, 0.1) is 5.92 Å². The Labute approximate surface area is 131 Å². The molecule has 1 aliphatic rings. The molecule has 4 heteroatoms. The lowest BCUT2D eigenvalue weighted by atomic mass is 9.88. The number of benzene rings is 1. The summed E-state index contributed by atoms with van der Waals surface area (Å²) in [5.41, 5.74) is 0.874. The van der Waals surface area contributed by atoms with Gasteiger partial charge in [-0.25, -0.2) is 0 Å². The van der Waals surface area contributed by atoms with Crippen LogP contribution < -0.4 is 5.32 Å². The highest BCUT2D eigenvalue weighted by Gasteiger charge is 2.31. The molecule has 21 heavy (non-hydrogen) atoms. The summed E-state index contributed by atoms with van der Waals surface area (Å²) < 4.78 is 0.304. The fraction of sp³-hybridized carbons (Fsp3) is 0.588. The number of nitrogens with one attached hydrogen (secondary N) is 1. The molecule has 0 saturated heterocycles. The van der Waals surface area contributed by atoms with Crippen LogP contribution in [0.4, 0.5) is 0 Å². The minimum Gasteiger partial charge on any atom is -0.481 e. The van der Waals surface area contributed by atoms with Crippen molar-refractivity contribution < 1.29 is 9.90 Å². The third kappa shape index (κ3) is 4.48. The summed E-state index contributed by atoms with van der Waals surface area (Å²) in [6.07, 6.45) is 8.59. The number of rotatable bonds is 7. The van der Waals surface area contributed by atoms with Crippen LogP contribution in [0.3, 0.4) is 0 Å². The monoisotopic (exact) mass is 307 g/mol. The molecule has 1 aliphatic carbocycles. The second kappa shape index (κ2) is 7.85. The maximum absolute atomic E-state index is 11.5. The van der Waals surface area contributed by atoms with Crippen LogP contribution in [0.25, 0.3) is 0 Å². The molecule has 0 aromatic heterocycles. The van der Waals surface area contributed by atoms with Gasteiger partial charge in [0, 0.05) is 17.8 Å². The lowest BCUT2D eigenvalue weighted by Crippen LogP contribution is -2.41. The van der Waals surface area contributed by atoms with Gasteiger partial charge in [0.15, 0.2) is 0 Å². The Morgan fingerprint density at radius 1 is 1.29 bits per heavy atom. The highest BCUT2D eigenvalue weighted by atomic mass is 32.2. The summed E-state index contributed by atoms with van der Waals surface area (Å²) in [5, 5.41) is 12.9. The molecule has 0 radical (unpaired) electrons. The molecule has 0 heterocycles.